The molecule has 0 fully saturated rings. The zero-order chi connectivity index (χ0) is 17.9. The van der Waals surface area contributed by atoms with Gasteiger partial charge in [0.25, 0.3) is 11.1 Å². The number of halogens is 2. The summed E-state index contributed by atoms with van der Waals surface area (Å²) in [4.78, 5) is 3.20. The van der Waals surface area contributed by atoms with Gasteiger partial charge in [-0.1, -0.05) is 53.2 Å². The summed E-state index contributed by atoms with van der Waals surface area (Å²) in [6, 6.07) is 13.1. The number of aromatic amines is 1. The molecule has 0 amide bonds. The van der Waals surface area contributed by atoms with E-state index in [0.29, 0.717) is 39.3 Å². The molecule has 0 spiro atoms. The molecule has 0 aliphatic rings. The molecule has 5 nitrogen and oxygen atoms in total. The molecule has 2 aromatic carbocycles. The van der Waals surface area contributed by atoms with E-state index in [1.165, 1.54) is 11.8 Å². The van der Waals surface area contributed by atoms with Crippen molar-refractivity contribution in [3.05, 3.63) is 58.7 Å². The zero-order valence-electron chi connectivity index (χ0n) is 13.4. The van der Waals surface area contributed by atoms with Crippen molar-refractivity contribution in [1.82, 2.24) is 15.2 Å². The van der Waals surface area contributed by atoms with E-state index in [1.54, 1.807) is 18.2 Å². The first-order chi connectivity index (χ1) is 12.7. The molecule has 132 valence electrons. The summed E-state index contributed by atoms with van der Waals surface area (Å²) < 4.78 is 11.4. The minimum absolute atomic E-state index is 0.455. The quantitative estimate of drug-likeness (QED) is 0.329. The maximum absolute atomic E-state index is 6.07. The highest BCUT2D eigenvalue weighted by molar-refractivity contribution is 7.99. The highest BCUT2D eigenvalue weighted by Crippen LogP contribution is 2.30. The fraction of sp³-hybridized carbons (Fsp3) is 0.111. The zero-order valence-corrected chi connectivity index (χ0v) is 15.7. The number of nitrogens with one attached hydrogen (secondary N) is 1. The second-order valence-corrected chi connectivity index (χ2v) is 7.28. The van der Waals surface area contributed by atoms with Crippen LogP contribution in [0, 0.1) is 0 Å². The van der Waals surface area contributed by atoms with Gasteiger partial charge in [-0.25, -0.2) is 0 Å². The molecule has 0 saturated heterocycles. The Morgan fingerprint density at radius 1 is 1.12 bits per heavy atom. The monoisotopic (exact) mass is 405 g/mol. The molecule has 26 heavy (non-hydrogen) atoms. The number of nitrogens with zero attached hydrogens (tertiary/aromatic N) is 2. The third-order valence-corrected chi connectivity index (χ3v) is 5.00. The molecule has 0 atom stereocenters. The van der Waals surface area contributed by atoms with Gasteiger partial charge in [-0.3, -0.25) is 0 Å². The van der Waals surface area contributed by atoms with Gasteiger partial charge in [0.05, 0.1) is 17.2 Å². The fourth-order valence-electron chi connectivity index (χ4n) is 2.50. The minimum Gasteiger partial charge on any atom is -0.491 e. The molecule has 1 N–H and O–H groups in total. The third-order valence-electron chi connectivity index (χ3n) is 3.69. The molecule has 0 bridgehead atoms. The van der Waals surface area contributed by atoms with E-state index in [2.05, 4.69) is 15.2 Å². The Bertz CT molecular complexity index is 1050. The first kappa shape index (κ1) is 17.3. The van der Waals surface area contributed by atoms with Crippen LogP contribution in [0.4, 0.5) is 0 Å². The summed E-state index contributed by atoms with van der Waals surface area (Å²) in [5.41, 5.74) is 1.92. The van der Waals surface area contributed by atoms with Gasteiger partial charge in [-0.05, 0) is 24.3 Å². The van der Waals surface area contributed by atoms with Gasteiger partial charge in [0.2, 0.25) is 0 Å². The summed E-state index contributed by atoms with van der Waals surface area (Å²) in [6.45, 7) is 0.455. The number of thioether (sulfide) groups is 1. The Kier molecular flexibility index (Phi) is 5.06. The molecule has 0 unspecified atom stereocenters. The van der Waals surface area contributed by atoms with Crippen molar-refractivity contribution in [2.75, 3.05) is 12.4 Å². The van der Waals surface area contributed by atoms with Crippen LogP contribution in [0.2, 0.25) is 10.0 Å². The minimum atomic E-state index is 0.455. The van der Waals surface area contributed by atoms with Crippen molar-refractivity contribution in [1.29, 1.82) is 0 Å². The number of aromatic nitrogens is 3. The number of fused-ring (bicyclic) bond motifs is 1. The molecular weight excluding hydrogens is 393 g/mol. The maximum Gasteiger partial charge on any atom is 0.276 e. The van der Waals surface area contributed by atoms with Crippen LogP contribution in [0.3, 0.4) is 0 Å². The molecule has 4 rings (SSSR count). The first-order valence-electron chi connectivity index (χ1n) is 7.81. The number of para-hydroxylation sites is 1. The second-order valence-electron chi connectivity index (χ2n) is 5.39. The molecular formula is C18H13Cl2N3O2S. The summed E-state index contributed by atoms with van der Waals surface area (Å²) in [7, 11) is 0. The van der Waals surface area contributed by atoms with Crippen molar-refractivity contribution in [2.45, 2.75) is 5.22 Å². The van der Waals surface area contributed by atoms with Crippen LogP contribution in [-0.4, -0.2) is 27.5 Å². The largest absolute Gasteiger partial charge is 0.491 e. The van der Waals surface area contributed by atoms with Crippen LogP contribution >= 0.6 is 35.0 Å². The Labute approximate surface area is 163 Å². The standard InChI is InChI=1S/C18H13Cl2N3O2S/c19-11-5-6-16(14(20)9-11)24-7-8-26-18-23-22-17(25-18)13-10-21-15-4-2-1-3-12(13)15/h1-6,9-10,21H,7-8H2. The predicted molar refractivity (Wildman–Crippen MR) is 104 cm³/mol. The van der Waals surface area contributed by atoms with Crippen LogP contribution < -0.4 is 4.74 Å². The van der Waals surface area contributed by atoms with Crippen molar-refractivity contribution in [3.8, 4) is 17.2 Å². The lowest BCUT2D eigenvalue weighted by Crippen LogP contribution is -2.00. The molecule has 0 saturated carbocycles. The Morgan fingerprint density at radius 3 is 2.88 bits per heavy atom. The topological polar surface area (TPSA) is 63.9 Å². The van der Waals surface area contributed by atoms with Crippen LogP contribution in [0.5, 0.6) is 5.75 Å². The Balaban J connectivity index is 1.37. The van der Waals surface area contributed by atoms with E-state index in [0.717, 1.165) is 16.5 Å². The molecule has 0 aliphatic carbocycles. The van der Waals surface area contributed by atoms with E-state index < -0.39 is 0 Å². The summed E-state index contributed by atoms with van der Waals surface area (Å²) in [6.07, 6.45) is 1.87. The molecule has 2 heterocycles. The summed E-state index contributed by atoms with van der Waals surface area (Å²) >= 11 is 13.4. The van der Waals surface area contributed by atoms with Crippen molar-refractivity contribution < 1.29 is 9.15 Å². The summed E-state index contributed by atoms with van der Waals surface area (Å²) in [5.74, 6) is 1.74. The maximum atomic E-state index is 6.07. The SMILES string of the molecule is Clc1ccc(OCCSc2nnc(-c3c[nH]c4ccccc34)o2)c(Cl)c1. The van der Waals surface area contributed by atoms with Gasteiger partial charge in [0.15, 0.2) is 0 Å². The van der Waals surface area contributed by atoms with Crippen LogP contribution in [-0.2, 0) is 0 Å². The number of hydrogen-bond acceptors (Lipinski definition) is 5. The molecule has 2 aromatic heterocycles. The highest BCUT2D eigenvalue weighted by atomic mass is 35.5. The van der Waals surface area contributed by atoms with Gasteiger partial charge in [0.1, 0.15) is 5.75 Å². The molecule has 0 aliphatic heterocycles. The van der Waals surface area contributed by atoms with E-state index in [4.69, 9.17) is 32.4 Å². The number of H-pyrrole nitrogens is 1. The van der Waals surface area contributed by atoms with Gasteiger partial charge >= 0.3 is 0 Å². The molecule has 0 radical (unpaired) electrons. The van der Waals surface area contributed by atoms with Gasteiger partial charge < -0.3 is 14.1 Å². The fourth-order valence-corrected chi connectivity index (χ4v) is 3.54. The Hall–Kier alpha value is -2.15. The number of hydrogen-bond donors (Lipinski definition) is 1. The van der Waals surface area contributed by atoms with Crippen molar-refractivity contribution in [2.24, 2.45) is 0 Å². The second kappa shape index (κ2) is 7.61. The number of rotatable bonds is 6. The average molecular weight is 406 g/mol. The van der Waals surface area contributed by atoms with Crippen molar-refractivity contribution >= 4 is 45.9 Å². The van der Waals surface area contributed by atoms with Gasteiger partial charge in [-0.15, -0.1) is 10.2 Å². The predicted octanol–water partition coefficient (Wildman–Crippen LogP) is 5.70. The van der Waals surface area contributed by atoms with E-state index in [1.807, 2.05) is 30.5 Å². The number of ether oxygens (including phenoxy) is 1. The Morgan fingerprint density at radius 2 is 2.00 bits per heavy atom. The highest BCUT2D eigenvalue weighted by Gasteiger charge is 2.13. The average Bonchev–Trinajstić information content (AvgIpc) is 3.26. The third kappa shape index (κ3) is 3.67. The van der Waals surface area contributed by atoms with Crippen LogP contribution in [0.25, 0.3) is 22.4 Å². The lowest BCUT2D eigenvalue weighted by atomic mass is 10.2. The van der Waals surface area contributed by atoms with E-state index >= 15 is 0 Å². The lowest BCUT2D eigenvalue weighted by molar-refractivity contribution is 0.343. The first-order valence-corrected chi connectivity index (χ1v) is 9.55. The lowest BCUT2D eigenvalue weighted by Gasteiger charge is -2.06. The van der Waals surface area contributed by atoms with Crippen molar-refractivity contribution in [3.63, 3.8) is 0 Å². The van der Waals surface area contributed by atoms with Crippen LogP contribution in [0.1, 0.15) is 0 Å². The molecule has 8 heteroatoms. The normalized spacial score (nSPS) is 11.2. The number of benzene rings is 2. The van der Waals surface area contributed by atoms with Gasteiger partial charge in [0, 0.05) is 27.9 Å². The molecule has 4 aromatic rings. The van der Waals surface area contributed by atoms with Crippen LogP contribution in [0.15, 0.2) is 58.3 Å². The van der Waals surface area contributed by atoms with E-state index in [9.17, 15) is 0 Å². The smallest absolute Gasteiger partial charge is 0.276 e. The van der Waals surface area contributed by atoms with E-state index in [-0.39, 0.29) is 0 Å². The van der Waals surface area contributed by atoms with Gasteiger partial charge in [-0.2, -0.15) is 0 Å². The summed E-state index contributed by atoms with van der Waals surface area (Å²) in [5, 5.41) is 10.8.